The smallest absolute Gasteiger partial charge is 0.250 e. The SMILES string of the molecule is Cl.O=C(NC(c1ccccc1)C1CC1)C1CNCCO1. The topological polar surface area (TPSA) is 50.4 Å². The van der Waals surface area contributed by atoms with Crippen molar-refractivity contribution in [1.29, 1.82) is 0 Å². The van der Waals surface area contributed by atoms with Crippen molar-refractivity contribution in [2.45, 2.75) is 25.0 Å². The Kier molecular flexibility index (Phi) is 5.40. The first-order chi connectivity index (χ1) is 9.34. The highest BCUT2D eigenvalue weighted by Crippen LogP contribution is 2.40. The van der Waals surface area contributed by atoms with Gasteiger partial charge in [0, 0.05) is 13.1 Å². The molecule has 2 unspecified atom stereocenters. The summed E-state index contributed by atoms with van der Waals surface area (Å²) < 4.78 is 5.50. The van der Waals surface area contributed by atoms with E-state index < -0.39 is 0 Å². The Morgan fingerprint density at radius 3 is 2.65 bits per heavy atom. The molecule has 0 radical (unpaired) electrons. The van der Waals surface area contributed by atoms with Gasteiger partial charge in [0.25, 0.3) is 5.91 Å². The second-order valence-corrected chi connectivity index (χ2v) is 5.30. The second-order valence-electron chi connectivity index (χ2n) is 5.30. The molecule has 1 amide bonds. The fraction of sp³-hybridized carbons (Fsp3) is 0.533. The summed E-state index contributed by atoms with van der Waals surface area (Å²) >= 11 is 0. The van der Waals surface area contributed by atoms with E-state index >= 15 is 0 Å². The third-order valence-electron chi connectivity index (χ3n) is 3.77. The predicted octanol–water partition coefficient (Wildman–Crippen LogP) is 1.66. The maximum absolute atomic E-state index is 12.2. The zero-order valence-electron chi connectivity index (χ0n) is 11.4. The van der Waals surface area contributed by atoms with Crippen LogP contribution in [-0.4, -0.2) is 31.7 Å². The van der Waals surface area contributed by atoms with E-state index in [1.807, 2.05) is 18.2 Å². The van der Waals surface area contributed by atoms with Crippen LogP contribution in [0.3, 0.4) is 0 Å². The summed E-state index contributed by atoms with van der Waals surface area (Å²) in [5.41, 5.74) is 1.20. The van der Waals surface area contributed by atoms with Gasteiger partial charge in [-0.1, -0.05) is 30.3 Å². The number of halogens is 1. The van der Waals surface area contributed by atoms with E-state index in [0.717, 1.165) is 6.54 Å². The third-order valence-corrected chi connectivity index (χ3v) is 3.77. The van der Waals surface area contributed by atoms with Gasteiger partial charge in [0.15, 0.2) is 0 Å². The van der Waals surface area contributed by atoms with Crippen molar-refractivity contribution in [3.05, 3.63) is 35.9 Å². The van der Waals surface area contributed by atoms with Crippen LogP contribution in [0, 0.1) is 5.92 Å². The van der Waals surface area contributed by atoms with E-state index in [1.54, 1.807) is 0 Å². The van der Waals surface area contributed by atoms with Crippen molar-refractivity contribution in [3.8, 4) is 0 Å². The fourth-order valence-electron chi connectivity index (χ4n) is 2.54. The molecule has 0 spiro atoms. The molecule has 1 aliphatic heterocycles. The lowest BCUT2D eigenvalue weighted by Crippen LogP contribution is -2.48. The first-order valence-corrected chi connectivity index (χ1v) is 7.02. The quantitative estimate of drug-likeness (QED) is 0.888. The molecule has 3 rings (SSSR count). The number of benzene rings is 1. The first-order valence-electron chi connectivity index (χ1n) is 7.02. The Bertz CT molecular complexity index is 431. The summed E-state index contributed by atoms with van der Waals surface area (Å²) in [6.07, 6.45) is 2.05. The van der Waals surface area contributed by atoms with Crippen molar-refractivity contribution >= 4 is 18.3 Å². The monoisotopic (exact) mass is 296 g/mol. The molecule has 20 heavy (non-hydrogen) atoms. The van der Waals surface area contributed by atoms with Crippen LogP contribution < -0.4 is 10.6 Å². The summed E-state index contributed by atoms with van der Waals surface area (Å²) in [5, 5.41) is 6.35. The van der Waals surface area contributed by atoms with Crippen LogP contribution in [0.4, 0.5) is 0 Å². The van der Waals surface area contributed by atoms with Gasteiger partial charge in [0.05, 0.1) is 12.6 Å². The summed E-state index contributed by atoms with van der Waals surface area (Å²) in [5.74, 6) is 0.593. The largest absolute Gasteiger partial charge is 0.366 e. The molecular formula is C15H21ClN2O2. The van der Waals surface area contributed by atoms with Gasteiger partial charge in [-0.25, -0.2) is 0 Å². The lowest BCUT2D eigenvalue weighted by Gasteiger charge is -2.26. The van der Waals surface area contributed by atoms with E-state index in [-0.39, 0.29) is 30.5 Å². The summed E-state index contributed by atoms with van der Waals surface area (Å²) in [7, 11) is 0. The number of carbonyl (C=O) groups excluding carboxylic acids is 1. The highest BCUT2D eigenvalue weighted by atomic mass is 35.5. The standard InChI is InChI=1S/C15H20N2O2.ClH/c18-15(13-10-16-8-9-19-13)17-14(12-6-7-12)11-4-2-1-3-5-11;/h1-5,12-14,16H,6-10H2,(H,17,18);1H. The Morgan fingerprint density at radius 2 is 2.05 bits per heavy atom. The minimum atomic E-state index is -0.348. The van der Waals surface area contributed by atoms with Crippen LogP contribution in [0.5, 0.6) is 0 Å². The molecule has 1 aliphatic carbocycles. The normalized spacial score (nSPS) is 23.5. The van der Waals surface area contributed by atoms with Gasteiger partial charge >= 0.3 is 0 Å². The van der Waals surface area contributed by atoms with Gasteiger partial charge in [-0.3, -0.25) is 4.79 Å². The lowest BCUT2D eigenvalue weighted by atomic mass is 10.0. The molecule has 1 saturated heterocycles. The second kappa shape index (κ2) is 7.07. The van der Waals surface area contributed by atoms with Crippen molar-refractivity contribution in [1.82, 2.24) is 10.6 Å². The molecular weight excluding hydrogens is 276 g/mol. The van der Waals surface area contributed by atoms with Gasteiger partial charge in [-0.15, -0.1) is 12.4 Å². The van der Waals surface area contributed by atoms with E-state index in [9.17, 15) is 4.79 Å². The summed E-state index contributed by atoms with van der Waals surface area (Å²) in [4.78, 5) is 12.2. The highest BCUT2D eigenvalue weighted by Gasteiger charge is 2.35. The zero-order valence-corrected chi connectivity index (χ0v) is 12.2. The van der Waals surface area contributed by atoms with Crippen molar-refractivity contribution in [2.24, 2.45) is 5.92 Å². The van der Waals surface area contributed by atoms with Crippen LogP contribution in [0.1, 0.15) is 24.4 Å². The Labute approximate surface area is 125 Å². The predicted molar refractivity (Wildman–Crippen MR) is 79.9 cm³/mol. The molecule has 2 N–H and O–H groups in total. The minimum absolute atomic E-state index is 0. The molecule has 5 heteroatoms. The van der Waals surface area contributed by atoms with Crippen LogP contribution in [0.2, 0.25) is 0 Å². The van der Waals surface area contributed by atoms with Gasteiger partial charge in [-0.2, -0.15) is 0 Å². The van der Waals surface area contributed by atoms with Gasteiger partial charge in [-0.05, 0) is 24.3 Å². The number of nitrogens with one attached hydrogen (secondary N) is 2. The molecule has 1 heterocycles. The number of rotatable bonds is 4. The molecule has 1 aromatic rings. The van der Waals surface area contributed by atoms with Crippen LogP contribution in [0.25, 0.3) is 0 Å². The lowest BCUT2D eigenvalue weighted by molar-refractivity contribution is -0.135. The molecule has 110 valence electrons. The fourth-order valence-corrected chi connectivity index (χ4v) is 2.54. The van der Waals surface area contributed by atoms with E-state index in [0.29, 0.717) is 19.1 Å². The van der Waals surface area contributed by atoms with Gasteiger partial charge < -0.3 is 15.4 Å². The Morgan fingerprint density at radius 1 is 1.30 bits per heavy atom. The third kappa shape index (κ3) is 3.72. The van der Waals surface area contributed by atoms with E-state index in [1.165, 1.54) is 18.4 Å². The average Bonchev–Trinajstić information content (AvgIpc) is 3.31. The molecule has 0 aromatic heterocycles. The summed E-state index contributed by atoms with van der Waals surface area (Å²) in [6.45, 7) is 2.05. The number of ether oxygens (including phenoxy) is 1. The van der Waals surface area contributed by atoms with Crippen molar-refractivity contribution in [3.63, 3.8) is 0 Å². The number of hydrogen-bond donors (Lipinski definition) is 2. The van der Waals surface area contributed by atoms with Crippen molar-refractivity contribution in [2.75, 3.05) is 19.7 Å². The Hall–Kier alpha value is -1.10. The van der Waals surface area contributed by atoms with Gasteiger partial charge in [0.2, 0.25) is 0 Å². The zero-order chi connectivity index (χ0) is 13.1. The van der Waals surface area contributed by atoms with Gasteiger partial charge in [0.1, 0.15) is 6.10 Å². The first kappa shape index (κ1) is 15.3. The number of morpholine rings is 1. The van der Waals surface area contributed by atoms with Crippen LogP contribution in [-0.2, 0) is 9.53 Å². The number of amides is 1. The molecule has 2 atom stereocenters. The van der Waals surface area contributed by atoms with Crippen LogP contribution >= 0.6 is 12.4 Å². The van der Waals surface area contributed by atoms with E-state index in [4.69, 9.17) is 4.74 Å². The highest BCUT2D eigenvalue weighted by molar-refractivity contribution is 5.85. The summed E-state index contributed by atoms with van der Waals surface area (Å²) in [6, 6.07) is 10.4. The van der Waals surface area contributed by atoms with Crippen LogP contribution in [0.15, 0.2) is 30.3 Å². The van der Waals surface area contributed by atoms with E-state index in [2.05, 4.69) is 22.8 Å². The average molecular weight is 297 g/mol. The maximum atomic E-state index is 12.2. The molecule has 1 saturated carbocycles. The number of hydrogen-bond acceptors (Lipinski definition) is 3. The minimum Gasteiger partial charge on any atom is -0.366 e. The number of carbonyl (C=O) groups is 1. The molecule has 0 bridgehead atoms. The molecule has 1 aromatic carbocycles. The molecule has 4 nitrogen and oxygen atoms in total. The maximum Gasteiger partial charge on any atom is 0.250 e. The Balaban J connectivity index is 0.00000147. The molecule has 2 fully saturated rings. The molecule has 2 aliphatic rings. The van der Waals surface area contributed by atoms with Crippen molar-refractivity contribution < 1.29 is 9.53 Å².